The van der Waals surface area contributed by atoms with Crippen LogP contribution in [0, 0.1) is 13.8 Å². The summed E-state index contributed by atoms with van der Waals surface area (Å²) in [4.78, 5) is 16.4. The van der Waals surface area contributed by atoms with Gasteiger partial charge >= 0.3 is 0 Å². The molecule has 110 valence electrons. The number of hydrogen-bond acceptors (Lipinski definition) is 3. The first-order chi connectivity index (χ1) is 10.0. The van der Waals surface area contributed by atoms with Crippen LogP contribution >= 0.6 is 15.9 Å². The van der Waals surface area contributed by atoms with Crippen LogP contribution in [0.25, 0.3) is 0 Å². The fraction of sp³-hybridized carbons (Fsp3) is 0.250. The lowest BCUT2D eigenvalue weighted by Gasteiger charge is -2.10. The fourth-order valence-corrected chi connectivity index (χ4v) is 2.28. The van der Waals surface area contributed by atoms with Gasteiger partial charge in [-0.3, -0.25) is 4.79 Å². The Morgan fingerprint density at radius 2 is 1.86 bits per heavy atom. The van der Waals surface area contributed by atoms with Gasteiger partial charge in [0.25, 0.3) is 5.91 Å². The number of nitrogens with zero attached hydrogens (tertiary/aromatic N) is 1. The van der Waals surface area contributed by atoms with Crippen LogP contribution in [0.5, 0.6) is 0 Å². The Morgan fingerprint density at radius 1 is 1.19 bits per heavy atom. The first-order valence-electron chi connectivity index (χ1n) is 6.79. The highest BCUT2D eigenvalue weighted by atomic mass is 79.9. The van der Waals surface area contributed by atoms with E-state index in [0.717, 1.165) is 33.5 Å². The molecule has 0 radical (unpaired) electrons. The van der Waals surface area contributed by atoms with E-state index in [9.17, 15) is 4.79 Å². The van der Waals surface area contributed by atoms with Gasteiger partial charge in [0, 0.05) is 16.7 Å². The first kappa shape index (κ1) is 15.5. The first-order valence-corrected chi connectivity index (χ1v) is 7.58. The molecule has 2 rings (SSSR count). The van der Waals surface area contributed by atoms with Gasteiger partial charge in [-0.1, -0.05) is 15.9 Å². The van der Waals surface area contributed by atoms with Gasteiger partial charge in [-0.2, -0.15) is 0 Å². The molecule has 0 fully saturated rings. The average Bonchev–Trinajstić information content (AvgIpc) is 2.45. The standard InChI is InChI=1S/C16H18BrN3O/c1-4-18-12-5-6-14(19-9-12)16(21)20-13-7-10(2)15(17)11(3)8-13/h5-9,18H,4H2,1-3H3,(H,20,21). The Kier molecular flexibility index (Phi) is 4.96. The van der Waals surface area contributed by atoms with Crippen LogP contribution in [-0.2, 0) is 0 Å². The monoisotopic (exact) mass is 347 g/mol. The van der Waals surface area contributed by atoms with E-state index < -0.39 is 0 Å². The number of amides is 1. The topological polar surface area (TPSA) is 54.0 Å². The Balaban J connectivity index is 2.14. The van der Waals surface area contributed by atoms with Crippen molar-refractivity contribution in [3.8, 4) is 0 Å². The zero-order chi connectivity index (χ0) is 15.4. The van der Waals surface area contributed by atoms with E-state index in [4.69, 9.17) is 0 Å². The summed E-state index contributed by atoms with van der Waals surface area (Å²) in [6, 6.07) is 7.43. The van der Waals surface area contributed by atoms with Gasteiger partial charge in [-0.15, -0.1) is 0 Å². The zero-order valence-corrected chi connectivity index (χ0v) is 13.9. The second-order valence-corrected chi connectivity index (χ2v) is 5.63. The minimum absolute atomic E-state index is 0.209. The predicted molar refractivity (Wildman–Crippen MR) is 90.0 cm³/mol. The summed E-state index contributed by atoms with van der Waals surface area (Å²) in [6.45, 7) is 6.83. The molecular formula is C16H18BrN3O. The summed E-state index contributed by atoms with van der Waals surface area (Å²) >= 11 is 3.52. The van der Waals surface area contributed by atoms with Gasteiger partial charge < -0.3 is 10.6 Å². The number of aryl methyl sites for hydroxylation is 2. The Morgan fingerprint density at radius 3 is 2.38 bits per heavy atom. The molecule has 2 N–H and O–H groups in total. The molecule has 1 amide bonds. The minimum atomic E-state index is -0.209. The molecule has 5 heteroatoms. The van der Waals surface area contributed by atoms with Gasteiger partial charge in [-0.25, -0.2) is 4.98 Å². The highest BCUT2D eigenvalue weighted by Gasteiger charge is 2.09. The molecule has 21 heavy (non-hydrogen) atoms. The molecule has 0 aliphatic carbocycles. The van der Waals surface area contributed by atoms with Crippen LogP contribution in [-0.4, -0.2) is 17.4 Å². The number of pyridine rings is 1. The van der Waals surface area contributed by atoms with Crippen LogP contribution in [0.2, 0.25) is 0 Å². The lowest BCUT2D eigenvalue weighted by Crippen LogP contribution is -2.14. The fourth-order valence-electron chi connectivity index (χ4n) is 2.05. The van der Waals surface area contributed by atoms with Gasteiger partial charge in [0.2, 0.25) is 0 Å². The van der Waals surface area contributed by atoms with Gasteiger partial charge in [-0.05, 0) is 56.2 Å². The predicted octanol–water partition coefficient (Wildman–Crippen LogP) is 4.15. The molecule has 1 aromatic carbocycles. The average molecular weight is 348 g/mol. The van der Waals surface area contributed by atoms with E-state index in [0.29, 0.717) is 5.69 Å². The Bertz CT molecular complexity index is 630. The van der Waals surface area contributed by atoms with Crippen molar-refractivity contribution >= 4 is 33.2 Å². The molecule has 0 atom stereocenters. The van der Waals surface area contributed by atoms with Crippen LogP contribution < -0.4 is 10.6 Å². The molecule has 1 heterocycles. The van der Waals surface area contributed by atoms with E-state index in [1.165, 1.54) is 0 Å². The Hall–Kier alpha value is -1.88. The highest BCUT2D eigenvalue weighted by Crippen LogP contribution is 2.25. The number of carbonyl (C=O) groups excluding carboxylic acids is 1. The third-order valence-corrected chi connectivity index (χ3v) is 4.32. The third kappa shape index (κ3) is 3.82. The summed E-state index contributed by atoms with van der Waals surface area (Å²) < 4.78 is 1.06. The molecule has 2 aromatic rings. The molecule has 0 saturated carbocycles. The molecule has 0 saturated heterocycles. The second kappa shape index (κ2) is 6.72. The van der Waals surface area contributed by atoms with E-state index in [2.05, 4.69) is 31.5 Å². The summed E-state index contributed by atoms with van der Waals surface area (Å²) in [6.07, 6.45) is 1.66. The number of anilines is 2. The highest BCUT2D eigenvalue weighted by molar-refractivity contribution is 9.10. The molecular weight excluding hydrogens is 330 g/mol. The quantitative estimate of drug-likeness (QED) is 0.873. The molecule has 4 nitrogen and oxygen atoms in total. The maximum absolute atomic E-state index is 12.2. The van der Waals surface area contributed by atoms with Crippen molar-refractivity contribution in [1.29, 1.82) is 0 Å². The molecule has 0 unspecified atom stereocenters. The van der Waals surface area contributed by atoms with Gasteiger partial charge in [0.1, 0.15) is 5.69 Å². The number of halogens is 1. The van der Waals surface area contributed by atoms with Gasteiger partial charge in [0.15, 0.2) is 0 Å². The number of benzene rings is 1. The summed E-state index contributed by atoms with van der Waals surface area (Å²) in [5.41, 5.74) is 4.25. The maximum Gasteiger partial charge on any atom is 0.274 e. The van der Waals surface area contributed by atoms with Crippen LogP contribution in [0.15, 0.2) is 34.9 Å². The van der Waals surface area contributed by atoms with E-state index in [-0.39, 0.29) is 5.91 Å². The zero-order valence-electron chi connectivity index (χ0n) is 12.3. The van der Waals surface area contributed by atoms with Crippen LogP contribution in [0.3, 0.4) is 0 Å². The molecule has 0 aliphatic heterocycles. The number of aromatic nitrogens is 1. The molecule has 1 aromatic heterocycles. The van der Waals surface area contributed by atoms with E-state index in [1.807, 2.05) is 39.0 Å². The normalized spacial score (nSPS) is 10.3. The van der Waals surface area contributed by atoms with Crippen molar-refractivity contribution in [3.05, 3.63) is 51.8 Å². The van der Waals surface area contributed by atoms with Crippen molar-refractivity contribution in [2.75, 3.05) is 17.2 Å². The number of rotatable bonds is 4. The maximum atomic E-state index is 12.2. The summed E-state index contributed by atoms with van der Waals surface area (Å²) in [5, 5.41) is 6.02. The summed E-state index contributed by atoms with van der Waals surface area (Å²) in [5.74, 6) is -0.209. The number of carbonyl (C=O) groups is 1. The van der Waals surface area contributed by atoms with Crippen LogP contribution in [0.4, 0.5) is 11.4 Å². The number of hydrogen-bond donors (Lipinski definition) is 2. The Labute approximate surface area is 133 Å². The second-order valence-electron chi connectivity index (χ2n) is 4.84. The van der Waals surface area contributed by atoms with E-state index in [1.54, 1.807) is 12.3 Å². The third-order valence-electron chi connectivity index (χ3n) is 3.07. The lowest BCUT2D eigenvalue weighted by atomic mass is 10.1. The van der Waals surface area contributed by atoms with Crippen molar-refractivity contribution in [3.63, 3.8) is 0 Å². The van der Waals surface area contributed by atoms with E-state index >= 15 is 0 Å². The molecule has 0 aliphatic rings. The SMILES string of the molecule is CCNc1ccc(C(=O)Nc2cc(C)c(Br)c(C)c2)nc1. The lowest BCUT2D eigenvalue weighted by molar-refractivity contribution is 0.102. The molecule has 0 bridgehead atoms. The van der Waals surface area contributed by atoms with Gasteiger partial charge in [0.05, 0.1) is 11.9 Å². The van der Waals surface area contributed by atoms with Crippen molar-refractivity contribution < 1.29 is 4.79 Å². The van der Waals surface area contributed by atoms with Crippen molar-refractivity contribution in [2.45, 2.75) is 20.8 Å². The van der Waals surface area contributed by atoms with Crippen LogP contribution in [0.1, 0.15) is 28.5 Å². The van der Waals surface area contributed by atoms with Crippen molar-refractivity contribution in [2.24, 2.45) is 0 Å². The number of nitrogens with one attached hydrogen (secondary N) is 2. The summed E-state index contributed by atoms with van der Waals surface area (Å²) in [7, 11) is 0. The smallest absolute Gasteiger partial charge is 0.274 e. The molecule has 0 spiro atoms. The minimum Gasteiger partial charge on any atom is -0.384 e. The van der Waals surface area contributed by atoms with Crippen molar-refractivity contribution in [1.82, 2.24) is 4.98 Å². The largest absolute Gasteiger partial charge is 0.384 e.